The fourth-order valence-corrected chi connectivity index (χ4v) is 1.85. The molecule has 6 nitrogen and oxygen atoms in total. The largest absolute Gasteiger partial charge is 0.493 e. The number of aromatic nitrogens is 1. The number of urea groups is 1. The molecule has 1 aromatic rings. The molecule has 18 heavy (non-hydrogen) atoms. The summed E-state index contributed by atoms with van der Waals surface area (Å²) in [6.07, 6.45) is 1.64. The predicted octanol–water partition coefficient (Wildman–Crippen LogP) is 0.979. The zero-order valence-electron chi connectivity index (χ0n) is 10.6. The number of ether oxygens (including phenoxy) is 2. The van der Waals surface area contributed by atoms with Gasteiger partial charge in [-0.1, -0.05) is 0 Å². The molecule has 0 aromatic carbocycles. The first kappa shape index (κ1) is 12.6. The normalized spacial score (nSPS) is 15.3. The molecule has 0 unspecified atom stereocenters. The highest BCUT2D eigenvalue weighted by Crippen LogP contribution is 2.24. The Morgan fingerprint density at radius 1 is 1.50 bits per heavy atom. The maximum absolute atomic E-state index is 12.3. The molecule has 0 radical (unpaired) electrons. The van der Waals surface area contributed by atoms with Crippen LogP contribution in [0.1, 0.15) is 0 Å². The summed E-state index contributed by atoms with van der Waals surface area (Å²) in [5.41, 5.74) is 0. The van der Waals surface area contributed by atoms with Crippen molar-refractivity contribution >= 4 is 11.8 Å². The van der Waals surface area contributed by atoms with Gasteiger partial charge >= 0.3 is 6.03 Å². The number of hydrogen-bond donors (Lipinski definition) is 0. The van der Waals surface area contributed by atoms with Gasteiger partial charge in [-0.15, -0.1) is 0 Å². The molecule has 0 aliphatic carbocycles. The minimum absolute atomic E-state index is 0.0877. The van der Waals surface area contributed by atoms with Crippen molar-refractivity contribution in [2.24, 2.45) is 0 Å². The predicted molar refractivity (Wildman–Crippen MR) is 67.0 cm³/mol. The molecular formula is C12H17N3O3. The lowest BCUT2D eigenvalue weighted by molar-refractivity contribution is 0.0551. The zero-order chi connectivity index (χ0) is 13.0. The summed E-state index contributed by atoms with van der Waals surface area (Å²) < 4.78 is 10.4. The maximum Gasteiger partial charge on any atom is 0.325 e. The number of pyridine rings is 1. The van der Waals surface area contributed by atoms with Crippen molar-refractivity contribution in [3.63, 3.8) is 0 Å². The van der Waals surface area contributed by atoms with Crippen LogP contribution in [-0.2, 0) is 4.74 Å². The van der Waals surface area contributed by atoms with E-state index in [-0.39, 0.29) is 6.03 Å². The molecule has 0 bridgehead atoms. The van der Waals surface area contributed by atoms with Crippen molar-refractivity contribution < 1.29 is 14.3 Å². The number of morpholine rings is 1. The van der Waals surface area contributed by atoms with E-state index in [1.165, 1.54) is 4.90 Å². The van der Waals surface area contributed by atoms with Gasteiger partial charge in [0.2, 0.25) is 0 Å². The highest BCUT2D eigenvalue weighted by atomic mass is 16.5. The van der Waals surface area contributed by atoms with Crippen LogP contribution in [0.4, 0.5) is 10.6 Å². The van der Waals surface area contributed by atoms with Gasteiger partial charge in [0.05, 0.1) is 20.3 Å². The van der Waals surface area contributed by atoms with Crippen molar-refractivity contribution in [1.29, 1.82) is 0 Å². The number of carbonyl (C=O) groups is 1. The number of nitrogens with zero attached hydrogens (tertiary/aromatic N) is 3. The van der Waals surface area contributed by atoms with Crippen molar-refractivity contribution in [3.05, 3.63) is 18.3 Å². The molecule has 0 saturated carbocycles. The summed E-state index contributed by atoms with van der Waals surface area (Å²) in [5.74, 6) is 1.11. The van der Waals surface area contributed by atoms with Gasteiger partial charge in [0, 0.05) is 26.3 Å². The number of methoxy groups -OCH3 is 1. The van der Waals surface area contributed by atoms with Crippen LogP contribution in [0.25, 0.3) is 0 Å². The summed E-state index contributed by atoms with van der Waals surface area (Å²) >= 11 is 0. The van der Waals surface area contributed by atoms with E-state index < -0.39 is 0 Å². The van der Waals surface area contributed by atoms with Crippen LogP contribution < -0.4 is 9.64 Å². The first-order chi connectivity index (χ1) is 8.74. The molecule has 2 amide bonds. The SMILES string of the molecule is COc1cccnc1N(C)C(=O)N1CCOCC1. The summed E-state index contributed by atoms with van der Waals surface area (Å²) in [7, 11) is 3.26. The molecule has 2 rings (SSSR count). The van der Waals surface area contributed by atoms with Crippen molar-refractivity contribution in [1.82, 2.24) is 9.88 Å². The smallest absolute Gasteiger partial charge is 0.325 e. The third-order valence-corrected chi connectivity index (χ3v) is 2.86. The van der Waals surface area contributed by atoms with Crippen LogP contribution in [0, 0.1) is 0 Å². The Morgan fingerprint density at radius 3 is 2.89 bits per heavy atom. The van der Waals surface area contributed by atoms with Gasteiger partial charge in [-0.3, -0.25) is 4.90 Å². The lowest BCUT2D eigenvalue weighted by Gasteiger charge is -2.30. The molecule has 0 spiro atoms. The standard InChI is InChI=1S/C12H17N3O3/c1-14(11-10(17-2)4-3-5-13-11)12(16)15-6-8-18-9-7-15/h3-5H,6-9H2,1-2H3. The number of hydrogen-bond acceptors (Lipinski definition) is 4. The topological polar surface area (TPSA) is 54.9 Å². The lowest BCUT2D eigenvalue weighted by atomic mass is 10.4. The van der Waals surface area contributed by atoms with E-state index >= 15 is 0 Å². The van der Waals surface area contributed by atoms with Gasteiger partial charge in [0.25, 0.3) is 0 Å². The molecule has 1 aromatic heterocycles. The Bertz CT molecular complexity index is 419. The Labute approximate surface area is 106 Å². The number of amides is 2. The van der Waals surface area contributed by atoms with Crippen LogP contribution >= 0.6 is 0 Å². The van der Waals surface area contributed by atoms with Crippen LogP contribution in [0.2, 0.25) is 0 Å². The van der Waals surface area contributed by atoms with Gasteiger partial charge < -0.3 is 14.4 Å². The lowest BCUT2D eigenvalue weighted by Crippen LogP contribution is -2.47. The monoisotopic (exact) mass is 251 g/mol. The summed E-state index contributed by atoms with van der Waals surface area (Å²) in [4.78, 5) is 19.7. The fourth-order valence-electron chi connectivity index (χ4n) is 1.85. The van der Waals surface area contributed by atoms with E-state index in [0.29, 0.717) is 37.9 Å². The van der Waals surface area contributed by atoms with E-state index in [0.717, 1.165) is 0 Å². The first-order valence-corrected chi connectivity index (χ1v) is 5.83. The number of carbonyl (C=O) groups excluding carboxylic acids is 1. The minimum Gasteiger partial charge on any atom is -0.493 e. The van der Waals surface area contributed by atoms with Gasteiger partial charge in [-0.05, 0) is 12.1 Å². The van der Waals surface area contributed by atoms with Crippen molar-refractivity contribution in [3.8, 4) is 5.75 Å². The molecule has 1 saturated heterocycles. The quantitative estimate of drug-likeness (QED) is 0.786. The van der Waals surface area contributed by atoms with Gasteiger partial charge in [0.1, 0.15) is 0 Å². The molecule has 0 atom stereocenters. The summed E-state index contributed by atoms with van der Waals surface area (Å²) in [6.45, 7) is 2.38. The Hall–Kier alpha value is -1.82. The van der Waals surface area contributed by atoms with Gasteiger partial charge in [-0.2, -0.15) is 0 Å². The Kier molecular flexibility index (Phi) is 3.99. The van der Waals surface area contributed by atoms with Crippen molar-refractivity contribution in [2.45, 2.75) is 0 Å². The molecule has 0 N–H and O–H groups in total. The molecule has 1 aliphatic rings. The molecule has 1 fully saturated rings. The Morgan fingerprint density at radius 2 is 2.22 bits per heavy atom. The third kappa shape index (κ3) is 2.53. The first-order valence-electron chi connectivity index (χ1n) is 5.83. The highest BCUT2D eigenvalue weighted by Gasteiger charge is 2.23. The highest BCUT2D eigenvalue weighted by molar-refractivity contribution is 5.91. The van der Waals surface area contributed by atoms with Gasteiger partial charge in [0.15, 0.2) is 11.6 Å². The van der Waals surface area contributed by atoms with Crippen LogP contribution in [-0.4, -0.2) is 56.4 Å². The van der Waals surface area contributed by atoms with Crippen LogP contribution in [0.15, 0.2) is 18.3 Å². The van der Waals surface area contributed by atoms with E-state index in [1.54, 1.807) is 37.4 Å². The third-order valence-electron chi connectivity index (χ3n) is 2.86. The summed E-state index contributed by atoms with van der Waals surface area (Å²) in [6, 6.07) is 3.47. The number of anilines is 1. The maximum atomic E-state index is 12.3. The van der Waals surface area contributed by atoms with Gasteiger partial charge in [-0.25, -0.2) is 9.78 Å². The molecule has 1 aliphatic heterocycles. The van der Waals surface area contributed by atoms with E-state index in [1.807, 2.05) is 0 Å². The Balaban J connectivity index is 2.14. The molecule has 2 heterocycles. The van der Waals surface area contributed by atoms with Crippen molar-refractivity contribution in [2.75, 3.05) is 45.4 Å². The zero-order valence-corrected chi connectivity index (χ0v) is 10.6. The second-order valence-electron chi connectivity index (χ2n) is 3.97. The molecular weight excluding hydrogens is 234 g/mol. The molecule has 6 heteroatoms. The molecule has 98 valence electrons. The van der Waals surface area contributed by atoms with E-state index in [4.69, 9.17) is 9.47 Å². The average Bonchev–Trinajstić information content (AvgIpc) is 2.46. The van der Waals surface area contributed by atoms with E-state index in [2.05, 4.69) is 4.98 Å². The summed E-state index contributed by atoms with van der Waals surface area (Å²) in [5, 5.41) is 0. The number of rotatable bonds is 2. The van der Waals surface area contributed by atoms with E-state index in [9.17, 15) is 4.79 Å². The minimum atomic E-state index is -0.0877. The van der Waals surface area contributed by atoms with Crippen LogP contribution in [0.5, 0.6) is 5.75 Å². The average molecular weight is 251 g/mol. The second kappa shape index (κ2) is 5.68. The fraction of sp³-hybridized carbons (Fsp3) is 0.500. The second-order valence-corrected chi connectivity index (χ2v) is 3.97. The van der Waals surface area contributed by atoms with Crippen LogP contribution in [0.3, 0.4) is 0 Å².